The molecule has 39 heavy (non-hydrogen) atoms. The van der Waals surface area contributed by atoms with E-state index in [0.29, 0.717) is 24.8 Å². The minimum Gasteiger partial charge on any atom is -0.298 e. The van der Waals surface area contributed by atoms with Crippen LogP contribution in [0.15, 0.2) is 35.9 Å². The first-order valence-electron chi connectivity index (χ1n) is 13.3. The van der Waals surface area contributed by atoms with Crippen LogP contribution >= 0.6 is 0 Å². The van der Waals surface area contributed by atoms with Crippen LogP contribution in [-0.4, -0.2) is 49.0 Å². The third-order valence-corrected chi connectivity index (χ3v) is 12.6. The molecule has 212 valence electrons. The Morgan fingerprint density at radius 1 is 0.821 bits per heavy atom. The number of rotatable bonds is 7. The standard InChI is InChI=1S/C29H36O8S2/c1-26(2)22-11-13-28(26,16-38(32,33)34)24(30)20(22)10-9-18-5-7-19(8-6-18)15-21-23-12-14-29(25(21)31,27(23,3)4)17-39(35,36)37/h5-10,15,20,22-23H,11-14,16-17H2,1-4H3,(H,32,33,34)(H,35,36,37)/b10-9+,21-15+/t20-,22-,23-,28-,29-/m1/s1. The van der Waals surface area contributed by atoms with E-state index in [4.69, 9.17) is 0 Å². The summed E-state index contributed by atoms with van der Waals surface area (Å²) in [6.07, 6.45) is 7.81. The van der Waals surface area contributed by atoms with Gasteiger partial charge >= 0.3 is 0 Å². The van der Waals surface area contributed by atoms with Crippen molar-refractivity contribution in [3.05, 3.63) is 47.0 Å². The van der Waals surface area contributed by atoms with E-state index in [1.165, 1.54) is 0 Å². The second kappa shape index (κ2) is 8.68. The van der Waals surface area contributed by atoms with Crippen LogP contribution in [0.25, 0.3) is 12.2 Å². The molecular formula is C29H36O8S2. The fraction of sp³-hybridized carbons (Fsp3) is 0.586. The SMILES string of the molecule is CC1(C)[C@@H]2CC[C@@]1(CS(=O)(=O)O)C(=O)/C2=C/c1ccc(/C=C/[C@H]2C(=O)[C@]3(CS(=O)(=O)O)CC[C@H]2C3(C)C)cc1. The van der Waals surface area contributed by atoms with Crippen LogP contribution in [-0.2, 0) is 29.8 Å². The van der Waals surface area contributed by atoms with Gasteiger partial charge in [0.15, 0.2) is 5.78 Å². The Balaban J connectivity index is 1.36. The van der Waals surface area contributed by atoms with Crippen molar-refractivity contribution in [1.82, 2.24) is 0 Å². The molecule has 0 aliphatic heterocycles. The summed E-state index contributed by atoms with van der Waals surface area (Å²) in [6, 6.07) is 7.47. The summed E-state index contributed by atoms with van der Waals surface area (Å²) >= 11 is 0. The van der Waals surface area contributed by atoms with Crippen molar-refractivity contribution < 1.29 is 35.5 Å². The van der Waals surface area contributed by atoms with Crippen LogP contribution < -0.4 is 0 Å². The minimum atomic E-state index is -4.32. The Hall–Kier alpha value is -2.14. The normalized spacial score (nSPS) is 36.1. The Bertz CT molecular complexity index is 1510. The molecule has 4 saturated carbocycles. The van der Waals surface area contributed by atoms with Crippen LogP contribution in [0.1, 0.15) is 64.5 Å². The Kier molecular flexibility index (Phi) is 6.32. The van der Waals surface area contributed by atoms with Crippen LogP contribution in [0.3, 0.4) is 0 Å². The smallest absolute Gasteiger partial charge is 0.265 e. The molecule has 1 aromatic carbocycles. The molecule has 0 aromatic heterocycles. The molecule has 4 bridgehead atoms. The molecular weight excluding hydrogens is 540 g/mol. The fourth-order valence-corrected chi connectivity index (χ4v) is 11.1. The first-order valence-corrected chi connectivity index (χ1v) is 16.6. The van der Waals surface area contributed by atoms with Gasteiger partial charge in [-0.15, -0.1) is 0 Å². The molecule has 5 atom stereocenters. The summed E-state index contributed by atoms with van der Waals surface area (Å²) in [4.78, 5) is 26.8. The number of hydrogen-bond acceptors (Lipinski definition) is 6. The summed E-state index contributed by atoms with van der Waals surface area (Å²) in [5, 5.41) is 0. The maximum absolute atomic E-state index is 13.4. The van der Waals surface area contributed by atoms with Crippen molar-refractivity contribution in [2.75, 3.05) is 11.5 Å². The third kappa shape index (κ3) is 4.21. The molecule has 0 heterocycles. The molecule has 4 fully saturated rings. The van der Waals surface area contributed by atoms with Gasteiger partial charge in [-0.25, -0.2) is 0 Å². The fourth-order valence-electron chi connectivity index (χ4n) is 8.56. The second-order valence-corrected chi connectivity index (χ2v) is 16.0. The molecule has 10 heteroatoms. The number of Topliss-reactive ketones (excluding diaryl/α,β-unsaturated/α-hetero) is 2. The molecule has 1 aromatic rings. The van der Waals surface area contributed by atoms with Gasteiger partial charge < -0.3 is 0 Å². The molecule has 4 aliphatic rings. The molecule has 5 rings (SSSR count). The van der Waals surface area contributed by atoms with Gasteiger partial charge in [-0.05, 0) is 65.6 Å². The average molecular weight is 577 g/mol. The highest BCUT2D eigenvalue weighted by Gasteiger charge is 2.69. The first-order chi connectivity index (χ1) is 17.8. The summed E-state index contributed by atoms with van der Waals surface area (Å²) < 4.78 is 66.1. The van der Waals surface area contributed by atoms with Gasteiger partial charge in [-0.1, -0.05) is 64.1 Å². The van der Waals surface area contributed by atoms with Gasteiger partial charge in [0, 0.05) is 11.5 Å². The van der Waals surface area contributed by atoms with Gasteiger partial charge in [0.1, 0.15) is 5.78 Å². The van der Waals surface area contributed by atoms with Crippen LogP contribution in [0, 0.1) is 39.4 Å². The Morgan fingerprint density at radius 3 is 1.95 bits per heavy atom. The van der Waals surface area contributed by atoms with Gasteiger partial charge in [0.2, 0.25) is 0 Å². The molecule has 0 spiro atoms. The first kappa shape index (κ1) is 28.4. The maximum Gasteiger partial charge on any atom is 0.265 e. The van der Waals surface area contributed by atoms with Gasteiger partial charge in [0.05, 0.1) is 22.3 Å². The van der Waals surface area contributed by atoms with Crippen LogP contribution in [0.2, 0.25) is 0 Å². The number of benzene rings is 1. The highest BCUT2D eigenvalue weighted by molar-refractivity contribution is 7.86. The predicted octanol–water partition coefficient (Wildman–Crippen LogP) is 4.49. The average Bonchev–Trinajstić information content (AvgIpc) is 3.30. The Labute approximate surface area is 230 Å². The molecule has 2 N–H and O–H groups in total. The van der Waals surface area contributed by atoms with Crippen molar-refractivity contribution in [2.24, 2.45) is 39.4 Å². The third-order valence-electron chi connectivity index (χ3n) is 10.9. The highest BCUT2D eigenvalue weighted by atomic mass is 32.2. The monoisotopic (exact) mass is 576 g/mol. The summed E-state index contributed by atoms with van der Waals surface area (Å²) in [6.45, 7) is 7.65. The summed E-state index contributed by atoms with van der Waals surface area (Å²) in [5.41, 5.74) is -1.09. The van der Waals surface area contributed by atoms with E-state index < -0.39 is 59.3 Å². The lowest BCUT2D eigenvalue weighted by molar-refractivity contribution is -0.130. The van der Waals surface area contributed by atoms with Crippen LogP contribution in [0.5, 0.6) is 0 Å². The van der Waals surface area contributed by atoms with Crippen molar-refractivity contribution in [1.29, 1.82) is 0 Å². The lowest BCUT2D eigenvalue weighted by Gasteiger charge is -2.35. The highest BCUT2D eigenvalue weighted by Crippen LogP contribution is 2.67. The molecule has 0 amide bonds. The topological polar surface area (TPSA) is 143 Å². The number of ketones is 2. The largest absolute Gasteiger partial charge is 0.298 e. The number of fused-ring (bicyclic) bond motifs is 4. The van der Waals surface area contributed by atoms with Gasteiger partial charge in [-0.2, -0.15) is 16.8 Å². The van der Waals surface area contributed by atoms with E-state index in [0.717, 1.165) is 17.5 Å². The summed E-state index contributed by atoms with van der Waals surface area (Å²) in [5.74, 6) is -1.96. The molecule has 4 aliphatic carbocycles. The number of allylic oxidation sites excluding steroid dienone is 2. The molecule has 0 saturated heterocycles. The lowest BCUT2D eigenvalue weighted by Crippen LogP contribution is -2.42. The number of carbonyl (C=O) groups excluding carboxylic acids is 2. The van der Waals surface area contributed by atoms with E-state index in [9.17, 15) is 35.5 Å². The zero-order valence-electron chi connectivity index (χ0n) is 22.7. The quantitative estimate of drug-likeness (QED) is 0.357. The maximum atomic E-state index is 13.4. The molecule has 0 unspecified atom stereocenters. The van der Waals surface area contributed by atoms with Crippen molar-refractivity contribution in [2.45, 2.75) is 53.4 Å². The van der Waals surface area contributed by atoms with Crippen molar-refractivity contribution in [3.8, 4) is 0 Å². The predicted molar refractivity (Wildman–Crippen MR) is 148 cm³/mol. The lowest BCUT2D eigenvalue weighted by atomic mass is 9.70. The van der Waals surface area contributed by atoms with Crippen LogP contribution in [0.4, 0.5) is 0 Å². The van der Waals surface area contributed by atoms with Crippen molar-refractivity contribution >= 4 is 44.0 Å². The molecule has 8 nitrogen and oxygen atoms in total. The zero-order chi connectivity index (χ0) is 28.8. The number of hydrogen-bond donors (Lipinski definition) is 2. The number of carbonyl (C=O) groups is 2. The van der Waals surface area contributed by atoms with E-state index in [2.05, 4.69) is 0 Å². The van der Waals surface area contributed by atoms with E-state index >= 15 is 0 Å². The van der Waals surface area contributed by atoms with Gasteiger partial charge in [-0.3, -0.25) is 18.7 Å². The summed E-state index contributed by atoms with van der Waals surface area (Å²) in [7, 11) is -8.62. The Morgan fingerprint density at radius 2 is 1.36 bits per heavy atom. The van der Waals surface area contributed by atoms with E-state index in [1.807, 2.05) is 70.2 Å². The zero-order valence-corrected chi connectivity index (χ0v) is 24.3. The van der Waals surface area contributed by atoms with E-state index in [-0.39, 0.29) is 23.4 Å². The van der Waals surface area contributed by atoms with E-state index in [1.54, 1.807) is 0 Å². The molecule has 0 radical (unpaired) electrons. The van der Waals surface area contributed by atoms with Gasteiger partial charge in [0.25, 0.3) is 20.2 Å². The van der Waals surface area contributed by atoms with Crippen molar-refractivity contribution in [3.63, 3.8) is 0 Å². The minimum absolute atomic E-state index is 0.00535. The second-order valence-electron chi connectivity index (χ2n) is 13.1.